The molecular weight excluding hydrogens is 232 g/mol. The summed E-state index contributed by atoms with van der Waals surface area (Å²) in [7, 11) is -3.69. The topological polar surface area (TPSA) is 95.8 Å². The zero-order valence-corrected chi connectivity index (χ0v) is 9.97. The van der Waals surface area contributed by atoms with Crippen LogP contribution in [0.2, 0.25) is 0 Å². The molecule has 0 aromatic heterocycles. The number of carboxylic acid groups (broad SMARTS) is 1. The fraction of sp³-hybridized carbons (Fsp3) is 0.556. The van der Waals surface area contributed by atoms with Gasteiger partial charge in [-0.3, -0.25) is 4.79 Å². The maximum Gasteiger partial charge on any atom is 0.311 e. The summed E-state index contributed by atoms with van der Waals surface area (Å²) in [6.07, 6.45) is 0.434. The Morgan fingerprint density at radius 3 is 2.44 bits per heavy atom. The summed E-state index contributed by atoms with van der Waals surface area (Å²) in [5, 5.41) is 11.3. The number of aliphatic carboxylic acids is 1. The van der Waals surface area contributed by atoms with E-state index >= 15 is 0 Å². The van der Waals surface area contributed by atoms with Crippen LogP contribution in [0.15, 0.2) is 15.0 Å². The smallest absolute Gasteiger partial charge is 0.311 e. The normalized spacial score (nSPS) is 19.0. The van der Waals surface area contributed by atoms with Crippen molar-refractivity contribution in [3.8, 4) is 0 Å². The molecule has 0 unspecified atom stereocenters. The van der Waals surface area contributed by atoms with Crippen molar-refractivity contribution in [2.45, 2.75) is 33.1 Å². The van der Waals surface area contributed by atoms with Crippen LogP contribution in [0.5, 0.6) is 0 Å². The fourth-order valence-corrected chi connectivity index (χ4v) is 2.91. The van der Waals surface area contributed by atoms with Gasteiger partial charge in [-0.05, 0) is 12.8 Å². The number of allylic oxidation sites excluding steroid dienone is 2. The molecule has 0 bridgehead atoms. The van der Waals surface area contributed by atoms with Gasteiger partial charge in [0.05, 0.1) is 4.91 Å². The Hall–Kier alpha value is -1.37. The zero-order chi connectivity index (χ0) is 12.3. The molecule has 90 valence electrons. The second-order valence-electron chi connectivity index (χ2n) is 3.32. The minimum absolute atomic E-state index is 0.0263. The quantitative estimate of drug-likeness (QED) is 0.765. The number of hydrogen-bond donors (Lipinski definition) is 2. The monoisotopic (exact) mass is 246 g/mol. The van der Waals surface area contributed by atoms with Crippen LogP contribution in [0.25, 0.3) is 0 Å². The lowest BCUT2D eigenvalue weighted by Gasteiger charge is -2.19. The Morgan fingerprint density at radius 2 is 2.00 bits per heavy atom. The number of hydrogen-bond acceptors (Lipinski definition) is 4. The molecule has 1 aliphatic heterocycles. The van der Waals surface area contributed by atoms with Crippen molar-refractivity contribution in [1.29, 1.82) is 0 Å². The Balaban J connectivity index is 3.12. The van der Waals surface area contributed by atoms with Crippen LogP contribution >= 0.6 is 0 Å². The van der Waals surface area contributed by atoms with E-state index in [4.69, 9.17) is 5.11 Å². The number of sulfonamides is 1. The lowest BCUT2D eigenvalue weighted by atomic mass is 10.2. The first kappa shape index (κ1) is 12.7. The van der Waals surface area contributed by atoms with Crippen LogP contribution in [0.4, 0.5) is 0 Å². The van der Waals surface area contributed by atoms with E-state index in [1.165, 1.54) is 0 Å². The van der Waals surface area contributed by atoms with Gasteiger partial charge in [0.2, 0.25) is 0 Å². The molecule has 0 saturated carbocycles. The van der Waals surface area contributed by atoms with Gasteiger partial charge in [0.25, 0.3) is 10.0 Å². The molecule has 0 aromatic rings. The molecule has 0 atom stereocenters. The third-order valence-electron chi connectivity index (χ3n) is 2.17. The number of amidine groups is 1. The molecule has 7 heteroatoms. The summed E-state index contributed by atoms with van der Waals surface area (Å²) in [5.74, 6) is -1.14. The maximum atomic E-state index is 11.7. The van der Waals surface area contributed by atoms with Crippen molar-refractivity contribution in [1.82, 2.24) is 5.32 Å². The summed E-state index contributed by atoms with van der Waals surface area (Å²) in [6, 6.07) is 0. The summed E-state index contributed by atoms with van der Waals surface area (Å²) >= 11 is 0. The van der Waals surface area contributed by atoms with E-state index in [0.717, 1.165) is 0 Å². The lowest BCUT2D eigenvalue weighted by molar-refractivity contribution is -0.135. The minimum Gasteiger partial charge on any atom is -0.481 e. The largest absolute Gasteiger partial charge is 0.481 e. The second-order valence-corrected chi connectivity index (χ2v) is 4.94. The third kappa shape index (κ3) is 2.60. The average Bonchev–Trinajstić information content (AvgIpc) is 2.14. The summed E-state index contributed by atoms with van der Waals surface area (Å²) in [4.78, 5) is 10.7. The fourth-order valence-electron chi connectivity index (χ4n) is 1.52. The molecule has 0 amide bonds. The lowest BCUT2D eigenvalue weighted by Crippen LogP contribution is -2.32. The van der Waals surface area contributed by atoms with Gasteiger partial charge in [-0.2, -0.15) is 8.42 Å². The molecule has 1 aliphatic rings. The Bertz CT molecular complexity index is 462. The summed E-state index contributed by atoms with van der Waals surface area (Å²) in [6.45, 7) is 3.53. The van der Waals surface area contributed by atoms with E-state index in [9.17, 15) is 13.2 Å². The van der Waals surface area contributed by atoms with Crippen molar-refractivity contribution >= 4 is 21.8 Å². The first-order valence-electron chi connectivity index (χ1n) is 4.95. The first-order chi connectivity index (χ1) is 7.40. The van der Waals surface area contributed by atoms with E-state index in [1.54, 1.807) is 13.8 Å². The number of nitrogens with zero attached hydrogens (tertiary/aromatic N) is 1. The molecule has 2 N–H and O–H groups in total. The molecule has 0 aromatic carbocycles. The Kier molecular flexibility index (Phi) is 3.69. The highest BCUT2D eigenvalue weighted by Crippen LogP contribution is 2.22. The van der Waals surface area contributed by atoms with Crippen LogP contribution in [0.1, 0.15) is 33.1 Å². The van der Waals surface area contributed by atoms with E-state index in [1.807, 2.05) is 0 Å². The van der Waals surface area contributed by atoms with Crippen molar-refractivity contribution in [2.24, 2.45) is 4.40 Å². The van der Waals surface area contributed by atoms with E-state index in [0.29, 0.717) is 18.5 Å². The number of carboxylic acids is 1. The van der Waals surface area contributed by atoms with Gasteiger partial charge in [0.15, 0.2) is 0 Å². The summed E-state index contributed by atoms with van der Waals surface area (Å²) < 4.78 is 26.8. The van der Waals surface area contributed by atoms with Crippen LogP contribution in [-0.2, 0) is 14.8 Å². The van der Waals surface area contributed by atoms with Gasteiger partial charge in [-0.25, -0.2) is 0 Å². The molecule has 0 aliphatic carbocycles. The highest BCUT2D eigenvalue weighted by Gasteiger charge is 2.26. The van der Waals surface area contributed by atoms with Gasteiger partial charge in [-0.15, -0.1) is 4.40 Å². The van der Waals surface area contributed by atoms with Crippen molar-refractivity contribution in [3.63, 3.8) is 0 Å². The second kappa shape index (κ2) is 4.65. The summed E-state index contributed by atoms with van der Waals surface area (Å²) in [5.41, 5.74) is 0.536. The molecule has 6 nitrogen and oxygen atoms in total. The van der Waals surface area contributed by atoms with Crippen molar-refractivity contribution in [3.05, 3.63) is 10.6 Å². The molecule has 16 heavy (non-hydrogen) atoms. The number of nitrogens with one attached hydrogen (secondary N) is 1. The van der Waals surface area contributed by atoms with Crippen LogP contribution < -0.4 is 5.32 Å². The molecule has 0 saturated heterocycles. The maximum absolute atomic E-state index is 11.7. The van der Waals surface area contributed by atoms with Crippen LogP contribution in [-0.4, -0.2) is 25.3 Å². The molecule has 0 spiro atoms. The Labute approximate surface area is 94.1 Å². The van der Waals surface area contributed by atoms with Gasteiger partial charge in [-0.1, -0.05) is 13.8 Å². The molecule has 0 radical (unpaired) electrons. The third-order valence-corrected chi connectivity index (χ3v) is 3.79. The van der Waals surface area contributed by atoms with E-state index in [2.05, 4.69) is 9.71 Å². The number of rotatable bonds is 4. The van der Waals surface area contributed by atoms with Gasteiger partial charge in [0.1, 0.15) is 12.3 Å². The molecule has 0 fully saturated rings. The molecular formula is C9H14N2O4S. The Morgan fingerprint density at radius 1 is 1.38 bits per heavy atom. The van der Waals surface area contributed by atoms with E-state index < -0.39 is 22.4 Å². The molecule has 1 rings (SSSR count). The number of carbonyl (C=O) groups is 1. The first-order valence-corrected chi connectivity index (χ1v) is 6.39. The zero-order valence-electron chi connectivity index (χ0n) is 9.15. The van der Waals surface area contributed by atoms with Crippen LogP contribution in [0, 0.1) is 0 Å². The van der Waals surface area contributed by atoms with Gasteiger partial charge < -0.3 is 10.4 Å². The predicted octanol–water partition coefficient (Wildman–Crippen LogP) is 0.824. The van der Waals surface area contributed by atoms with Gasteiger partial charge in [0, 0.05) is 5.70 Å². The highest BCUT2D eigenvalue weighted by atomic mass is 32.2. The average molecular weight is 246 g/mol. The minimum atomic E-state index is -3.69. The SMILES string of the molecule is CCC1=C(CC)S(=O)(=O)N=C(CC(=O)O)N1. The van der Waals surface area contributed by atoms with Gasteiger partial charge >= 0.3 is 5.97 Å². The standard InChI is InChI=1S/C9H14N2O4S/c1-3-6-7(4-2)16(14,15)11-8(10-6)5-9(12)13/h3-5H2,1-2H3,(H,10,11)(H,12,13). The highest BCUT2D eigenvalue weighted by molar-refractivity contribution is 7.94. The van der Waals surface area contributed by atoms with Crippen molar-refractivity contribution in [2.75, 3.05) is 0 Å². The predicted molar refractivity (Wildman–Crippen MR) is 59.4 cm³/mol. The van der Waals surface area contributed by atoms with Crippen LogP contribution in [0.3, 0.4) is 0 Å². The van der Waals surface area contributed by atoms with Crippen molar-refractivity contribution < 1.29 is 18.3 Å². The molecule has 1 heterocycles. The van der Waals surface area contributed by atoms with E-state index in [-0.39, 0.29) is 10.7 Å².